The van der Waals surface area contributed by atoms with Crippen molar-refractivity contribution in [2.75, 3.05) is 20.6 Å². The highest BCUT2D eigenvalue weighted by molar-refractivity contribution is 5.57. The van der Waals surface area contributed by atoms with Gasteiger partial charge in [0.25, 0.3) is 0 Å². The van der Waals surface area contributed by atoms with Gasteiger partial charge in [0.15, 0.2) is 0 Å². The molecule has 0 saturated carbocycles. The molecule has 0 aromatic rings. The van der Waals surface area contributed by atoms with Crippen LogP contribution in [0.3, 0.4) is 0 Å². The minimum atomic E-state index is -1.13. The van der Waals surface area contributed by atoms with E-state index in [0.717, 1.165) is 57.3 Å². The first-order valence-electron chi connectivity index (χ1n) is 15.4. The molecule has 0 aliphatic rings. The third-order valence-electron chi connectivity index (χ3n) is 6.78. The summed E-state index contributed by atoms with van der Waals surface area (Å²) in [5, 5.41) is 9.08. The van der Waals surface area contributed by atoms with Gasteiger partial charge in [-0.3, -0.25) is 0 Å². The topological polar surface area (TPSA) is 49.8 Å². The molecule has 0 fully saturated rings. The van der Waals surface area contributed by atoms with Crippen LogP contribution in [-0.4, -0.2) is 42.9 Å². The highest BCUT2D eigenvalue weighted by Gasteiger charge is 2.13. The molecule has 0 saturated heterocycles. The van der Waals surface area contributed by atoms with Crippen molar-refractivity contribution in [3.8, 4) is 35.5 Å². The lowest BCUT2D eigenvalue weighted by atomic mass is 9.97. The number of carbonyl (C=O) groups is 1. The Morgan fingerprint density at radius 2 is 1.16 bits per heavy atom. The molecule has 1 N–H and O–H groups in total. The van der Waals surface area contributed by atoms with Gasteiger partial charge in [0.1, 0.15) is 6.10 Å². The van der Waals surface area contributed by atoms with E-state index in [0.29, 0.717) is 12.8 Å². The number of ether oxygens (including phenoxy) is 1. The average molecular weight is 528 g/mol. The van der Waals surface area contributed by atoms with Crippen molar-refractivity contribution in [1.82, 2.24) is 4.90 Å². The number of hydrogen-bond donors (Lipinski definition) is 1. The fraction of sp³-hybridized carbons (Fsp3) is 0.794. The monoisotopic (exact) mass is 527 g/mol. The second-order valence-corrected chi connectivity index (χ2v) is 10.8. The SMILES string of the molecule is CCC#CCC#CCC#CCCCCCCCC(CCCCCCCCC(C)CCCN(C)C)OC(=O)O. The van der Waals surface area contributed by atoms with Gasteiger partial charge in [-0.2, -0.15) is 0 Å². The van der Waals surface area contributed by atoms with E-state index in [1.807, 2.05) is 6.92 Å². The van der Waals surface area contributed by atoms with Crippen molar-refractivity contribution in [3.05, 3.63) is 0 Å². The largest absolute Gasteiger partial charge is 0.506 e. The number of nitrogens with zero attached hydrogens (tertiary/aromatic N) is 1. The Morgan fingerprint density at radius 1 is 0.684 bits per heavy atom. The molecule has 4 nitrogen and oxygen atoms in total. The lowest BCUT2D eigenvalue weighted by molar-refractivity contribution is 0.0422. The molecule has 0 aliphatic carbocycles. The van der Waals surface area contributed by atoms with E-state index < -0.39 is 6.16 Å². The number of rotatable bonds is 21. The van der Waals surface area contributed by atoms with Gasteiger partial charge in [0.2, 0.25) is 0 Å². The molecular formula is C34H57NO3. The first-order valence-corrected chi connectivity index (χ1v) is 15.4. The molecule has 216 valence electrons. The number of hydrogen-bond acceptors (Lipinski definition) is 3. The van der Waals surface area contributed by atoms with Crippen molar-refractivity contribution in [2.24, 2.45) is 5.92 Å². The summed E-state index contributed by atoms with van der Waals surface area (Å²) < 4.78 is 5.16. The van der Waals surface area contributed by atoms with Crippen LogP contribution in [-0.2, 0) is 4.74 Å². The molecule has 0 bridgehead atoms. The van der Waals surface area contributed by atoms with Crippen molar-refractivity contribution in [1.29, 1.82) is 0 Å². The van der Waals surface area contributed by atoms with E-state index >= 15 is 0 Å². The Labute approximate surface area is 236 Å². The lowest BCUT2D eigenvalue weighted by Crippen LogP contribution is -2.16. The maximum atomic E-state index is 11.1. The van der Waals surface area contributed by atoms with Crippen LogP contribution >= 0.6 is 0 Å². The quantitative estimate of drug-likeness (QED) is 0.0918. The maximum Gasteiger partial charge on any atom is 0.506 e. The molecule has 0 radical (unpaired) electrons. The highest BCUT2D eigenvalue weighted by Crippen LogP contribution is 2.19. The number of unbranched alkanes of at least 4 members (excludes halogenated alkanes) is 10. The molecule has 0 heterocycles. The van der Waals surface area contributed by atoms with E-state index in [4.69, 9.17) is 9.84 Å². The average Bonchev–Trinajstić information content (AvgIpc) is 2.87. The van der Waals surface area contributed by atoms with Gasteiger partial charge >= 0.3 is 6.16 Å². The van der Waals surface area contributed by atoms with Crippen LogP contribution in [0.15, 0.2) is 0 Å². The summed E-state index contributed by atoms with van der Waals surface area (Å²) in [5.74, 6) is 19.2. The van der Waals surface area contributed by atoms with Gasteiger partial charge in [-0.25, -0.2) is 4.79 Å². The first-order chi connectivity index (χ1) is 18.5. The Balaban J connectivity index is 3.73. The molecule has 0 rings (SSSR count). The predicted octanol–water partition coefficient (Wildman–Crippen LogP) is 9.08. The molecular weight excluding hydrogens is 470 g/mol. The Bertz CT molecular complexity index is 741. The number of carboxylic acid groups (broad SMARTS) is 1. The van der Waals surface area contributed by atoms with Crippen LogP contribution in [0.5, 0.6) is 0 Å². The van der Waals surface area contributed by atoms with Crippen LogP contribution in [0.4, 0.5) is 4.79 Å². The van der Waals surface area contributed by atoms with Gasteiger partial charge in [0.05, 0.1) is 12.8 Å². The fourth-order valence-electron chi connectivity index (χ4n) is 4.54. The fourth-order valence-corrected chi connectivity index (χ4v) is 4.54. The van der Waals surface area contributed by atoms with Crippen molar-refractivity contribution in [3.63, 3.8) is 0 Å². The Morgan fingerprint density at radius 3 is 1.71 bits per heavy atom. The van der Waals surface area contributed by atoms with Crippen LogP contribution in [0.25, 0.3) is 0 Å². The standard InChI is InChI=1S/C34H57NO3/c1-5-6-7-8-9-10-11-12-13-14-15-16-17-21-24-29-33(38-34(36)37)30-25-22-19-18-20-23-27-32(2)28-26-31-35(3)4/h32-33H,5,8,11,14-31H2,1-4H3,(H,36,37). The van der Waals surface area contributed by atoms with Gasteiger partial charge in [-0.15, -0.1) is 11.8 Å². The second kappa shape index (κ2) is 27.9. The zero-order valence-electron chi connectivity index (χ0n) is 25.2. The summed E-state index contributed by atoms with van der Waals surface area (Å²) in [6, 6.07) is 0. The van der Waals surface area contributed by atoms with Crippen molar-refractivity contribution >= 4 is 6.16 Å². The van der Waals surface area contributed by atoms with Gasteiger partial charge in [0, 0.05) is 12.8 Å². The van der Waals surface area contributed by atoms with Crippen molar-refractivity contribution < 1.29 is 14.6 Å². The van der Waals surface area contributed by atoms with Gasteiger partial charge < -0.3 is 14.7 Å². The third kappa shape index (κ3) is 28.5. The van der Waals surface area contributed by atoms with E-state index in [1.165, 1.54) is 70.8 Å². The molecule has 38 heavy (non-hydrogen) atoms. The first kappa shape index (κ1) is 35.9. The predicted molar refractivity (Wildman–Crippen MR) is 162 cm³/mol. The molecule has 2 unspecified atom stereocenters. The summed E-state index contributed by atoms with van der Waals surface area (Å²) in [4.78, 5) is 13.3. The van der Waals surface area contributed by atoms with Gasteiger partial charge in [-0.1, -0.05) is 95.3 Å². The highest BCUT2D eigenvalue weighted by atomic mass is 16.7. The summed E-state index contributed by atoms with van der Waals surface area (Å²) in [5.41, 5.74) is 0. The third-order valence-corrected chi connectivity index (χ3v) is 6.78. The molecule has 0 amide bonds. The molecule has 2 atom stereocenters. The van der Waals surface area contributed by atoms with Crippen LogP contribution in [0.1, 0.15) is 142 Å². The van der Waals surface area contributed by atoms with Crippen molar-refractivity contribution in [2.45, 2.75) is 148 Å². The maximum absolute atomic E-state index is 11.1. The molecule has 0 aromatic carbocycles. The van der Waals surface area contributed by atoms with E-state index in [2.05, 4.69) is 61.4 Å². The second-order valence-electron chi connectivity index (χ2n) is 10.8. The summed E-state index contributed by atoms with van der Waals surface area (Å²) >= 11 is 0. The minimum Gasteiger partial charge on any atom is -0.450 e. The van der Waals surface area contributed by atoms with Gasteiger partial charge in [-0.05, 0) is 71.5 Å². The molecule has 0 spiro atoms. The summed E-state index contributed by atoms with van der Waals surface area (Å²) in [6.07, 6.45) is 20.6. The summed E-state index contributed by atoms with van der Waals surface area (Å²) in [6.45, 7) is 5.62. The Kier molecular flexibility index (Phi) is 26.4. The molecule has 4 heteroatoms. The van der Waals surface area contributed by atoms with Crippen LogP contribution < -0.4 is 0 Å². The van der Waals surface area contributed by atoms with E-state index in [-0.39, 0.29) is 6.10 Å². The van der Waals surface area contributed by atoms with Crippen LogP contribution in [0, 0.1) is 41.4 Å². The summed E-state index contributed by atoms with van der Waals surface area (Å²) in [7, 11) is 4.29. The lowest BCUT2D eigenvalue weighted by Gasteiger charge is -2.16. The molecule has 0 aliphatic heterocycles. The zero-order chi connectivity index (χ0) is 28.1. The zero-order valence-corrected chi connectivity index (χ0v) is 25.2. The van der Waals surface area contributed by atoms with Crippen LogP contribution in [0.2, 0.25) is 0 Å². The Hall–Kier alpha value is -2.09. The molecule has 0 aromatic heterocycles. The van der Waals surface area contributed by atoms with E-state index in [1.54, 1.807) is 0 Å². The smallest absolute Gasteiger partial charge is 0.450 e. The normalized spacial score (nSPS) is 11.9. The van der Waals surface area contributed by atoms with E-state index in [9.17, 15) is 4.79 Å². The minimum absolute atomic E-state index is 0.143.